The maximum atomic E-state index is 5.28. The summed E-state index contributed by atoms with van der Waals surface area (Å²) in [6.07, 6.45) is 2.39. The molecular formula is C6H13GeNO2. The minimum absolute atomic E-state index is 0.518. The van der Waals surface area contributed by atoms with Gasteiger partial charge in [0.1, 0.15) is 0 Å². The second kappa shape index (κ2) is 6.15. The Kier molecular flexibility index (Phi) is 5.24. The fraction of sp³-hybridized carbons (Fsp3) is 1.00. The molecule has 10 heavy (non-hydrogen) atoms. The molecule has 0 aliphatic carbocycles. The first kappa shape index (κ1) is 8.52. The number of hydrogen-bond acceptors (Lipinski definition) is 3. The van der Waals surface area contributed by atoms with Crippen LogP contribution < -0.4 is 5.32 Å². The van der Waals surface area contributed by atoms with E-state index < -0.39 is 16.1 Å². The average Bonchev–Trinajstić information content (AvgIpc) is 2.01. The average molecular weight is 204 g/mol. The normalized spacial score (nSPS) is 24.0. The van der Waals surface area contributed by atoms with Crippen LogP contribution >= 0.6 is 0 Å². The zero-order valence-corrected chi connectivity index (χ0v) is 8.16. The van der Waals surface area contributed by atoms with Crippen LogP contribution in [0, 0.1) is 0 Å². The van der Waals surface area contributed by atoms with Crippen LogP contribution in [-0.2, 0) is 7.53 Å². The Morgan fingerprint density at radius 3 is 2.90 bits per heavy atom. The molecule has 1 heterocycles. The molecule has 1 fully saturated rings. The molecule has 0 saturated carbocycles. The van der Waals surface area contributed by atoms with E-state index in [-0.39, 0.29) is 0 Å². The SMILES string of the molecule is C1CC[O][Ge][O]CCNC1. The molecule has 1 saturated heterocycles. The topological polar surface area (TPSA) is 30.5 Å². The van der Waals surface area contributed by atoms with E-state index in [0.717, 1.165) is 26.3 Å². The minimum atomic E-state index is -0.518. The molecule has 0 unspecified atom stereocenters. The van der Waals surface area contributed by atoms with Gasteiger partial charge in [0.2, 0.25) is 0 Å². The van der Waals surface area contributed by atoms with Crippen molar-refractivity contribution < 1.29 is 7.53 Å². The van der Waals surface area contributed by atoms with Crippen LogP contribution in [0.2, 0.25) is 0 Å². The van der Waals surface area contributed by atoms with Gasteiger partial charge >= 0.3 is 68.1 Å². The van der Waals surface area contributed by atoms with Crippen molar-refractivity contribution in [2.45, 2.75) is 12.8 Å². The molecule has 0 atom stereocenters. The third-order valence-corrected chi connectivity index (χ3v) is 2.70. The van der Waals surface area contributed by atoms with Gasteiger partial charge in [-0.25, -0.2) is 0 Å². The van der Waals surface area contributed by atoms with Crippen molar-refractivity contribution in [1.82, 2.24) is 5.32 Å². The Balaban J connectivity index is 2.00. The standard InChI is InChI=1S/C6H13GeNO2/c1-2-5-9-7-10-6-4-8-3-1/h8H,1-6H2. The number of rotatable bonds is 0. The Morgan fingerprint density at radius 1 is 1.00 bits per heavy atom. The van der Waals surface area contributed by atoms with Crippen molar-refractivity contribution in [3.05, 3.63) is 0 Å². The molecule has 2 radical (unpaired) electrons. The molecule has 3 nitrogen and oxygen atoms in total. The van der Waals surface area contributed by atoms with Crippen LogP contribution in [-0.4, -0.2) is 42.4 Å². The van der Waals surface area contributed by atoms with E-state index >= 15 is 0 Å². The summed E-state index contributed by atoms with van der Waals surface area (Å²) in [6, 6.07) is 0. The van der Waals surface area contributed by atoms with Gasteiger partial charge < -0.3 is 0 Å². The Bertz CT molecular complexity index is 48.9. The fourth-order valence-corrected chi connectivity index (χ4v) is 1.84. The van der Waals surface area contributed by atoms with E-state index in [4.69, 9.17) is 7.53 Å². The van der Waals surface area contributed by atoms with Crippen molar-refractivity contribution in [2.75, 3.05) is 26.3 Å². The molecule has 1 aliphatic rings. The van der Waals surface area contributed by atoms with E-state index in [1.54, 1.807) is 0 Å². The van der Waals surface area contributed by atoms with Gasteiger partial charge in [0.15, 0.2) is 0 Å². The zero-order valence-electron chi connectivity index (χ0n) is 6.06. The van der Waals surface area contributed by atoms with Crippen molar-refractivity contribution in [3.8, 4) is 0 Å². The van der Waals surface area contributed by atoms with Crippen molar-refractivity contribution in [3.63, 3.8) is 0 Å². The van der Waals surface area contributed by atoms with Gasteiger partial charge in [0.05, 0.1) is 0 Å². The van der Waals surface area contributed by atoms with Gasteiger partial charge in [0.25, 0.3) is 0 Å². The van der Waals surface area contributed by atoms with Crippen molar-refractivity contribution >= 4 is 16.1 Å². The molecule has 0 aromatic rings. The van der Waals surface area contributed by atoms with E-state index in [9.17, 15) is 0 Å². The molecule has 0 amide bonds. The quantitative estimate of drug-likeness (QED) is 0.560. The van der Waals surface area contributed by atoms with Gasteiger partial charge in [-0.15, -0.1) is 0 Å². The molecule has 0 aromatic heterocycles. The molecule has 1 N–H and O–H groups in total. The fourth-order valence-electron chi connectivity index (χ4n) is 0.797. The third-order valence-electron chi connectivity index (χ3n) is 1.35. The summed E-state index contributed by atoms with van der Waals surface area (Å²) >= 11 is -0.518. The molecule has 0 aromatic carbocycles. The van der Waals surface area contributed by atoms with E-state index in [1.165, 1.54) is 12.8 Å². The van der Waals surface area contributed by atoms with E-state index in [2.05, 4.69) is 5.32 Å². The Morgan fingerprint density at radius 2 is 1.90 bits per heavy atom. The van der Waals surface area contributed by atoms with E-state index in [1.807, 2.05) is 0 Å². The predicted molar refractivity (Wildman–Crippen MR) is 39.8 cm³/mol. The van der Waals surface area contributed by atoms with Crippen LogP contribution in [0.15, 0.2) is 0 Å². The van der Waals surface area contributed by atoms with Gasteiger partial charge in [-0.05, 0) is 0 Å². The summed E-state index contributed by atoms with van der Waals surface area (Å²) in [5.41, 5.74) is 0. The van der Waals surface area contributed by atoms with Crippen molar-refractivity contribution in [1.29, 1.82) is 0 Å². The molecule has 1 aliphatic heterocycles. The third kappa shape index (κ3) is 4.27. The Labute approximate surface area is 68.6 Å². The van der Waals surface area contributed by atoms with Gasteiger partial charge in [-0.2, -0.15) is 0 Å². The molecule has 1 rings (SSSR count). The summed E-state index contributed by atoms with van der Waals surface area (Å²) in [5, 5.41) is 3.29. The van der Waals surface area contributed by atoms with Crippen molar-refractivity contribution in [2.24, 2.45) is 0 Å². The second-order valence-electron chi connectivity index (χ2n) is 2.24. The number of nitrogens with one attached hydrogen (secondary N) is 1. The van der Waals surface area contributed by atoms with E-state index in [0.29, 0.717) is 0 Å². The van der Waals surface area contributed by atoms with Crippen LogP contribution in [0.25, 0.3) is 0 Å². The first-order chi connectivity index (χ1) is 5.00. The first-order valence-corrected chi connectivity index (χ1v) is 5.41. The molecule has 4 heteroatoms. The summed E-state index contributed by atoms with van der Waals surface area (Å²) in [4.78, 5) is 0. The summed E-state index contributed by atoms with van der Waals surface area (Å²) < 4.78 is 10.5. The first-order valence-electron chi connectivity index (χ1n) is 3.69. The molecule has 0 spiro atoms. The Hall–Kier alpha value is 0.423. The van der Waals surface area contributed by atoms with Crippen LogP contribution in [0.5, 0.6) is 0 Å². The molecular weight excluding hydrogens is 191 g/mol. The second-order valence-corrected chi connectivity index (χ2v) is 3.80. The van der Waals surface area contributed by atoms with Gasteiger partial charge in [0, 0.05) is 0 Å². The zero-order chi connectivity index (χ0) is 7.07. The van der Waals surface area contributed by atoms with Gasteiger partial charge in [-0.3, -0.25) is 0 Å². The van der Waals surface area contributed by atoms with Crippen LogP contribution in [0.3, 0.4) is 0 Å². The summed E-state index contributed by atoms with van der Waals surface area (Å²) in [5.74, 6) is 0. The molecule has 58 valence electrons. The van der Waals surface area contributed by atoms with Crippen LogP contribution in [0.1, 0.15) is 12.8 Å². The summed E-state index contributed by atoms with van der Waals surface area (Å²) in [7, 11) is 0. The molecule has 0 bridgehead atoms. The summed E-state index contributed by atoms with van der Waals surface area (Å²) in [6.45, 7) is 3.79. The number of hydrogen-bond donors (Lipinski definition) is 1. The van der Waals surface area contributed by atoms with Crippen LogP contribution in [0.4, 0.5) is 0 Å². The predicted octanol–water partition coefficient (Wildman–Crippen LogP) is -0.0628. The van der Waals surface area contributed by atoms with Gasteiger partial charge in [-0.1, -0.05) is 0 Å². The monoisotopic (exact) mass is 205 g/mol. The maximum absolute atomic E-state index is 5.28.